The Morgan fingerprint density at radius 2 is 2.31 bits per heavy atom. The van der Waals surface area contributed by atoms with Gasteiger partial charge in [0.15, 0.2) is 5.96 Å². The highest BCUT2D eigenvalue weighted by molar-refractivity contribution is 7.09. The number of guanidine groups is 1. The fourth-order valence-electron chi connectivity index (χ4n) is 1.23. The van der Waals surface area contributed by atoms with Crippen LogP contribution in [0.2, 0.25) is 0 Å². The van der Waals surface area contributed by atoms with E-state index >= 15 is 0 Å². The van der Waals surface area contributed by atoms with Crippen LogP contribution >= 0.6 is 11.3 Å². The molecule has 0 fully saturated rings. The van der Waals surface area contributed by atoms with Crippen LogP contribution in [0.1, 0.15) is 31.5 Å². The standard InChI is InChI=1S/C11H20N4S/c1-5-10-15-9(7-16-10)6-13-11(12-4)14-8(2)3/h7-8H,5-6H2,1-4H3,(H2,12,13,14). The average molecular weight is 240 g/mol. The number of hydrogen-bond donors (Lipinski definition) is 2. The molecule has 0 aliphatic carbocycles. The second-order valence-corrected chi connectivity index (χ2v) is 4.75. The summed E-state index contributed by atoms with van der Waals surface area (Å²) in [5.74, 6) is 0.820. The Morgan fingerprint density at radius 3 is 2.81 bits per heavy atom. The minimum Gasteiger partial charge on any atom is -0.354 e. The molecule has 0 atom stereocenters. The third-order valence-electron chi connectivity index (χ3n) is 1.99. The average Bonchev–Trinajstić information content (AvgIpc) is 2.71. The molecule has 0 aliphatic rings. The van der Waals surface area contributed by atoms with Gasteiger partial charge in [-0.2, -0.15) is 0 Å². The van der Waals surface area contributed by atoms with Crippen molar-refractivity contribution < 1.29 is 0 Å². The highest BCUT2D eigenvalue weighted by Gasteiger charge is 2.02. The fraction of sp³-hybridized carbons (Fsp3) is 0.636. The van der Waals surface area contributed by atoms with Crippen molar-refractivity contribution in [3.05, 3.63) is 16.1 Å². The van der Waals surface area contributed by atoms with Gasteiger partial charge in [-0.1, -0.05) is 6.92 Å². The van der Waals surface area contributed by atoms with E-state index in [2.05, 4.69) is 46.8 Å². The zero-order valence-electron chi connectivity index (χ0n) is 10.4. The number of aryl methyl sites for hydroxylation is 1. The van der Waals surface area contributed by atoms with Crippen LogP contribution in [-0.4, -0.2) is 24.0 Å². The van der Waals surface area contributed by atoms with E-state index in [-0.39, 0.29) is 0 Å². The van der Waals surface area contributed by atoms with Crippen molar-refractivity contribution in [1.29, 1.82) is 0 Å². The summed E-state index contributed by atoms with van der Waals surface area (Å²) in [5.41, 5.74) is 1.08. The summed E-state index contributed by atoms with van der Waals surface area (Å²) in [5, 5.41) is 9.75. The van der Waals surface area contributed by atoms with Gasteiger partial charge in [0.25, 0.3) is 0 Å². The molecular formula is C11H20N4S. The smallest absolute Gasteiger partial charge is 0.191 e. The molecular weight excluding hydrogens is 220 g/mol. The Hall–Kier alpha value is -1.10. The van der Waals surface area contributed by atoms with Crippen LogP contribution in [0.5, 0.6) is 0 Å². The summed E-state index contributed by atoms with van der Waals surface area (Å²) in [6.07, 6.45) is 1.00. The summed E-state index contributed by atoms with van der Waals surface area (Å²) in [7, 11) is 1.77. The van der Waals surface area contributed by atoms with Gasteiger partial charge in [0.2, 0.25) is 0 Å². The van der Waals surface area contributed by atoms with E-state index in [1.54, 1.807) is 18.4 Å². The first-order chi connectivity index (χ1) is 7.65. The van der Waals surface area contributed by atoms with Crippen LogP contribution in [0.3, 0.4) is 0 Å². The maximum atomic E-state index is 4.49. The maximum Gasteiger partial charge on any atom is 0.191 e. The Morgan fingerprint density at radius 1 is 1.56 bits per heavy atom. The van der Waals surface area contributed by atoms with E-state index in [0.29, 0.717) is 6.04 Å². The van der Waals surface area contributed by atoms with Gasteiger partial charge in [-0.3, -0.25) is 4.99 Å². The van der Waals surface area contributed by atoms with Gasteiger partial charge in [0, 0.05) is 18.5 Å². The van der Waals surface area contributed by atoms with E-state index in [1.807, 2.05) is 0 Å². The Balaban J connectivity index is 2.43. The highest BCUT2D eigenvalue weighted by atomic mass is 32.1. The first-order valence-electron chi connectivity index (χ1n) is 5.56. The highest BCUT2D eigenvalue weighted by Crippen LogP contribution is 2.09. The summed E-state index contributed by atoms with van der Waals surface area (Å²) in [6, 6.07) is 0.382. The van der Waals surface area contributed by atoms with Crippen molar-refractivity contribution in [2.45, 2.75) is 39.8 Å². The zero-order chi connectivity index (χ0) is 12.0. The van der Waals surface area contributed by atoms with Crippen molar-refractivity contribution in [3.8, 4) is 0 Å². The molecule has 0 saturated carbocycles. The first kappa shape index (κ1) is 13.0. The van der Waals surface area contributed by atoms with Crippen LogP contribution < -0.4 is 10.6 Å². The van der Waals surface area contributed by atoms with Crippen LogP contribution in [0.15, 0.2) is 10.4 Å². The zero-order valence-corrected chi connectivity index (χ0v) is 11.2. The number of nitrogens with one attached hydrogen (secondary N) is 2. The molecule has 0 spiro atoms. The molecule has 0 aromatic carbocycles. The normalized spacial score (nSPS) is 11.9. The molecule has 1 aromatic heterocycles. The third kappa shape index (κ3) is 4.18. The lowest BCUT2D eigenvalue weighted by Gasteiger charge is -2.13. The summed E-state index contributed by atoms with van der Waals surface area (Å²) in [6.45, 7) is 7.02. The summed E-state index contributed by atoms with van der Waals surface area (Å²) >= 11 is 1.71. The quantitative estimate of drug-likeness (QED) is 0.623. The number of aromatic nitrogens is 1. The molecule has 5 heteroatoms. The minimum atomic E-state index is 0.382. The van der Waals surface area contributed by atoms with Crippen molar-refractivity contribution >= 4 is 17.3 Å². The Bertz CT molecular complexity index is 344. The topological polar surface area (TPSA) is 49.3 Å². The largest absolute Gasteiger partial charge is 0.354 e. The Labute approximate surface area is 101 Å². The van der Waals surface area contributed by atoms with Crippen LogP contribution in [0.25, 0.3) is 0 Å². The van der Waals surface area contributed by atoms with Crippen molar-refractivity contribution in [2.24, 2.45) is 4.99 Å². The van der Waals surface area contributed by atoms with Gasteiger partial charge in [-0.25, -0.2) is 4.98 Å². The number of thiazole rings is 1. The van der Waals surface area contributed by atoms with Gasteiger partial charge in [-0.05, 0) is 20.3 Å². The van der Waals surface area contributed by atoms with Crippen LogP contribution in [0, 0.1) is 0 Å². The summed E-state index contributed by atoms with van der Waals surface area (Å²) < 4.78 is 0. The molecule has 90 valence electrons. The van der Waals surface area contributed by atoms with E-state index in [0.717, 1.165) is 24.6 Å². The van der Waals surface area contributed by atoms with Crippen LogP contribution in [-0.2, 0) is 13.0 Å². The molecule has 1 aromatic rings. The van der Waals surface area contributed by atoms with E-state index < -0.39 is 0 Å². The molecule has 2 N–H and O–H groups in total. The van der Waals surface area contributed by atoms with E-state index in [1.165, 1.54) is 5.01 Å². The van der Waals surface area contributed by atoms with E-state index in [4.69, 9.17) is 0 Å². The molecule has 0 radical (unpaired) electrons. The lowest BCUT2D eigenvalue weighted by molar-refractivity contribution is 0.696. The third-order valence-corrected chi connectivity index (χ3v) is 3.03. The predicted molar refractivity (Wildman–Crippen MR) is 70.0 cm³/mol. The lowest BCUT2D eigenvalue weighted by atomic mass is 10.4. The van der Waals surface area contributed by atoms with Gasteiger partial charge < -0.3 is 10.6 Å². The molecule has 0 saturated heterocycles. The van der Waals surface area contributed by atoms with Crippen molar-refractivity contribution in [2.75, 3.05) is 7.05 Å². The van der Waals surface area contributed by atoms with E-state index in [9.17, 15) is 0 Å². The molecule has 1 rings (SSSR count). The number of hydrogen-bond acceptors (Lipinski definition) is 3. The molecule has 0 bridgehead atoms. The van der Waals surface area contributed by atoms with Crippen LogP contribution in [0.4, 0.5) is 0 Å². The number of aliphatic imine (C=N–C) groups is 1. The Kier molecular flexibility index (Phi) is 5.25. The van der Waals surface area contributed by atoms with Gasteiger partial charge in [0.05, 0.1) is 17.2 Å². The van der Waals surface area contributed by atoms with Crippen molar-refractivity contribution in [3.63, 3.8) is 0 Å². The molecule has 1 heterocycles. The maximum absolute atomic E-state index is 4.49. The van der Waals surface area contributed by atoms with Gasteiger partial charge in [-0.15, -0.1) is 11.3 Å². The number of rotatable bonds is 4. The minimum absolute atomic E-state index is 0.382. The molecule has 4 nitrogen and oxygen atoms in total. The van der Waals surface area contributed by atoms with Crippen molar-refractivity contribution in [1.82, 2.24) is 15.6 Å². The molecule has 0 amide bonds. The monoisotopic (exact) mass is 240 g/mol. The molecule has 0 aliphatic heterocycles. The summed E-state index contributed by atoms with van der Waals surface area (Å²) in [4.78, 5) is 8.63. The van der Waals surface area contributed by atoms with Gasteiger partial charge in [0.1, 0.15) is 0 Å². The predicted octanol–water partition coefficient (Wildman–Crippen LogP) is 1.78. The lowest BCUT2D eigenvalue weighted by Crippen LogP contribution is -2.40. The molecule has 16 heavy (non-hydrogen) atoms. The van der Waals surface area contributed by atoms with Gasteiger partial charge >= 0.3 is 0 Å². The fourth-order valence-corrected chi connectivity index (χ4v) is 1.98. The second-order valence-electron chi connectivity index (χ2n) is 3.81. The second kappa shape index (κ2) is 6.48. The molecule has 0 unspecified atom stereocenters. The SMILES string of the molecule is CCc1nc(CNC(=NC)NC(C)C)cs1. The first-order valence-corrected chi connectivity index (χ1v) is 6.44. The number of nitrogens with zero attached hydrogens (tertiary/aromatic N) is 2.